The molecule has 1 N–H and O–H groups in total. The fraction of sp³-hybridized carbons (Fsp3) is 0.750. The van der Waals surface area contributed by atoms with E-state index in [2.05, 4.69) is 46.0 Å². The summed E-state index contributed by atoms with van der Waals surface area (Å²) in [6.45, 7) is 13.0. The van der Waals surface area contributed by atoms with Crippen LogP contribution >= 0.6 is 0 Å². The fourth-order valence-electron chi connectivity index (χ4n) is 5.11. The van der Waals surface area contributed by atoms with E-state index < -0.39 is 14.4 Å². The zero-order chi connectivity index (χ0) is 21.6. The number of aliphatic hydroxyl groups excluding tert-OH is 1. The van der Waals surface area contributed by atoms with Gasteiger partial charge in [-0.3, -0.25) is 4.84 Å². The van der Waals surface area contributed by atoms with Gasteiger partial charge in [0.25, 0.3) is 0 Å². The third-order valence-electron chi connectivity index (χ3n) is 8.00. The van der Waals surface area contributed by atoms with Crippen molar-refractivity contribution < 1.29 is 19.1 Å². The minimum absolute atomic E-state index is 0.0427. The highest BCUT2D eigenvalue weighted by atomic mass is 28.4. The Kier molecular flexibility index (Phi) is 6.21. The van der Waals surface area contributed by atoms with Gasteiger partial charge in [-0.2, -0.15) is 5.06 Å². The van der Waals surface area contributed by atoms with Crippen molar-refractivity contribution in [3.63, 3.8) is 0 Å². The Morgan fingerprint density at radius 2 is 1.83 bits per heavy atom. The maximum absolute atomic E-state index is 11.5. The van der Waals surface area contributed by atoms with Gasteiger partial charge >= 0.3 is 0 Å². The van der Waals surface area contributed by atoms with Gasteiger partial charge in [-0.05, 0) is 36.5 Å². The zero-order valence-corrected chi connectivity index (χ0v) is 20.3. The quantitative estimate of drug-likeness (QED) is 0.692. The maximum atomic E-state index is 11.5. The van der Waals surface area contributed by atoms with E-state index >= 15 is 0 Å². The number of hydroxylamine groups is 2. The molecule has 0 unspecified atom stereocenters. The number of hydrogen-bond donors (Lipinski definition) is 1. The van der Waals surface area contributed by atoms with Crippen LogP contribution in [0.3, 0.4) is 0 Å². The summed E-state index contributed by atoms with van der Waals surface area (Å²) in [6.07, 6.45) is 3.71. The smallest absolute Gasteiger partial charge is 0.192 e. The molecule has 168 valence electrons. The highest BCUT2D eigenvalue weighted by Gasteiger charge is 2.59. The molecular formula is C24H39NO4Si. The highest BCUT2D eigenvalue weighted by molar-refractivity contribution is 6.74. The Balaban J connectivity index is 1.57. The molecule has 0 radical (unpaired) electrons. The van der Waals surface area contributed by atoms with E-state index in [0.717, 1.165) is 25.7 Å². The lowest BCUT2D eigenvalue weighted by Crippen LogP contribution is -2.70. The van der Waals surface area contributed by atoms with Gasteiger partial charge in [0, 0.05) is 12.5 Å². The SMILES string of the molecule is CC(C)(C)[Si](C)(C)OC[C@H]1OC2(CCCC2)[C@H]2CON(Cc3ccccc3)[C@@H]1[C@H]2O. The van der Waals surface area contributed by atoms with Gasteiger partial charge in [0.1, 0.15) is 6.10 Å². The molecular weight excluding hydrogens is 394 g/mol. The molecule has 4 atom stereocenters. The summed E-state index contributed by atoms with van der Waals surface area (Å²) in [5, 5.41) is 13.6. The molecule has 1 spiro atoms. The molecule has 4 rings (SSSR count). The number of fused-ring (bicyclic) bond motifs is 3. The first-order valence-corrected chi connectivity index (χ1v) is 14.5. The van der Waals surface area contributed by atoms with Gasteiger partial charge in [-0.1, -0.05) is 63.9 Å². The Labute approximate surface area is 182 Å². The van der Waals surface area contributed by atoms with Crippen LogP contribution in [-0.2, 0) is 20.5 Å². The summed E-state index contributed by atoms with van der Waals surface area (Å²) in [7, 11) is -1.92. The molecule has 2 saturated heterocycles. The number of hydrogen-bond acceptors (Lipinski definition) is 5. The summed E-state index contributed by atoms with van der Waals surface area (Å²) in [5.74, 6) is 0.0427. The first-order valence-electron chi connectivity index (χ1n) is 11.6. The van der Waals surface area contributed by atoms with Crippen LogP contribution in [0.25, 0.3) is 0 Å². The van der Waals surface area contributed by atoms with Crippen molar-refractivity contribution in [3.05, 3.63) is 35.9 Å². The van der Waals surface area contributed by atoms with Gasteiger partial charge in [0.2, 0.25) is 0 Å². The van der Waals surface area contributed by atoms with E-state index in [-0.39, 0.29) is 28.7 Å². The molecule has 6 heteroatoms. The number of rotatable bonds is 5. The van der Waals surface area contributed by atoms with Crippen LogP contribution in [-0.4, -0.2) is 55.6 Å². The number of aliphatic hydroxyl groups is 1. The molecule has 2 heterocycles. The minimum atomic E-state index is -1.92. The fourth-order valence-corrected chi connectivity index (χ4v) is 6.13. The van der Waals surface area contributed by atoms with Gasteiger partial charge in [0.15, 0.2) is 8.32 Å². The summed E-state index contributed by atoms with van der Waals surface area (Å²) in [6, 6.07) is 10.1. The Morgan fingerprint density at radius 3 is 2.47 bits per heavy atom. The summed E-state index contributed by atoms with van der Waals surface area (Å²) >= 11 is 0. The highest BCUT2D eigenvalue weighted by Crippen LogP contribution is 2.49. The van der Waals surface area contributed by atoms with Crippen LogP contribution in [0, 0.1) is 5.92 Å². The molecule has 3 fully saturated rings. The monoisotopic (exact) mass is 433 g/mol. The van der Waals surface area contributed by atoms with Crippen molar-refractivity contribution in [2.45, 2.75) is 95.0 Å². The zero-order valence-electron chi connectivity index (χ0n) is 19.3. The summed E-state index contributed by atoms with van der Waals surface area (Å²) in [4.78, 5) is 6.28. The van der Waals surface area contributed by atoms with Crippen molar-refractivity contribution in [1.82, 2.24) is 5.06 Å². The first-order chi connectivity index (χ1) is 14.1. The molecule has 3 aliphatic rings. The molecule has 1 aromatic carbocycles. The number of nitrogens with zero attached hydrogens (tertiary/aromatic N) is 1. The van der Waals surface area contributed by atoms with E-state index in [4.69, 9.17) is 14.0 Å². The molecule has 1 saturated carbocycles. The third-order valence-corrected chi connectivity index (χ3v) is 12.5. The average Bonchev–Trinajstić information content (AvgIpc) is 3.14. The van der Waals surface area contributed by atoms with E-state index in [9.17, 15) is 5.11 Å². The minimum Gasteiger partial charge on any atom is -0.414 e. The molecule has 0 aromatic heterocycles. The van der Waals surface area contributed by atoms with Crippen molar-refractivity contribution >= 4 is 8.32 Å². The van der Waals surface area contributed by atoms with Crippen molar-refractivity contribution in [2.24, 2.45) is 5.92 Å². The maximum Gasteiger partial charge on any atom is 0.192 e. The number of ether oxygens (including phenoxy) is 1. The molecule has 1 aromatic rings. The van der Waals surface area contributed by atoms with Crippen molar-refractivity contribution in [2.75, 3.05) is 13.2 Å². The van der Waals surface area contributed by atoms with Crippen LogP contribution in [0.5, 0.6) is 0 Å². The largest absolute Gasteiger partial charge is 0.414 e. The molecule has 1 aliphatic carbocycles. The lowest BCUT2D eigenvalue weighted by Gasteiger charge is -2.57. The lowest BCUT2D eigenvalue weighted by atomic mass is 9.74. The predicted octanol–water partition coefficient (Wildman–Crippen LogP) is 4.51. The molecule has 5 nitrogen and oxygen atoms in total. The van der Waals surface area contributed by atoms with Crippen LogP contribution in [0.1, 0.15) is 52.0 Å². The van der Waals surface area contributed by atoms with E-state index in [1.165, 1.54) is 5.56 Å². The second-order valence-electron chi connectivity index (χ2n) is 10.9. The van der Waals surface area contributed by atoms with Gasteiger partial charge in [-0.25, -0.2) is 0 Å². The van der Waals surface area contributed by atoms with Gasteiger partial charge < -0.3 is 14.3 Å². The van der Waals surface area contributed by atoms with Crippen LogP contribution in [0.4, 0.5) is 0 Å². The Morgan fingerprint density at radius 1 is 1.17 bits per heavy atom. The second kappa shape index (κ2) is 8.30. The summed E-state index contributed by atoms with van der Waals surface area (Å²) < 4.78 is 13.5. The topological polar surface area (TPSA) is 51.2 Å². The van der Waals surface area contributed by atoms with E-state index in [1.807, 2.05) is 23.3 Å². The van der Waals surface area contributed by atoms with Crippen molar-refractivity contribution in [3.8, 4) is 0 Å². The standard InChI is InChI=1S/C24H39NO4Si/c1-23(2,3)30(4,5)28-17-20-21-22(26)19(24(29-20)13-9-10-14-24)16-27-25(21)15-18-11-7-6-8-12-18/h6-8,11-12,19-22,26H,9-10,13-17H2,1-5H3/t19-,20+,21-,22-/m0/s1. The normalized spacial score (nSPS) is 31.9. The first kappa shape index (κ1) is 22.4. The predicted molar refractivity (Wildman–Crippen MR) is 120 cm³/mol. The molecule has 2 aliphatic heterocycles. The van der Waals surface area contributed by atoms with Gasteiger partial charge in [-0.15, -0.1) is 0 Å². The Bertz CT molecular complexity index is 714. The van der Waals surface area contributed by atoms with E-state index in [0.29, 0.717) is 19.8 Å². The molecule has 0 amide bonds. The molecule has 2 bridgehead atoms. The van der Waals surface area contributed by atoms with Crippen LogP contribution < -0.4 is 0 Å². The van der Waals surface area contributed by atoms with Gasteiger partial charge in [0.05, 0.1) is 31.0 Å². The third kappa shape index (κ3) is 4.15. The Hall–Kier alpha value is -0.763. The van der Waals surface area contributed by atoms with Crippen LogP contribution in [0.15, 0.2) is 30.3 Å². The lowest BCUT2D eigenvalue weighted by molar-refractivity contribution is -0.354. The second-order valence-corrected chi connectivity index (χ2v) is 15.8. The van der Waals surface area contributed by atoms with Crippen molar-refractivity contribution in [1.29, 1.82) is 0 Å². The average molecular weight is 434 g/mol. The summed E-state index contributed by atoms with van der Waals surface area (Å²) in [5.41, 5.74) is 0.921. The van der Waals surface area contributed by atoms with Crippen LogP contribution in [0.2, 0.25) is 18.1 Å². The molecule has 30 heavy (non-hydrogen) atoms. The number of benzene rings is 1. The van der Waals surface area contributed by atoms with E-state index in [1.54, 1.807) is 0 Å².